The van der Waals surface area contributed by atoms with Crippen molar-refractivity contribution in [3.8, 4) is 0 Å². The molecule has 1 heterocycles. The summed E-state index contributed by atoms with van der Waals surface area (Å²) in [4.78, 5) is 24.2. The molecule has 0 saturated heterocycles. The minimum Gasteiger partial charge on any atom is -0.345 e. The van der Waals surface area contributed by atoms with Gasteiger partial charge < -0.3 is 5.32 Å². The van der Waals surface area contributed by atoms with E-state index in [0.29, 0.717) is 11.1 Å². The third-order valence-corrected chi connectivity index (χ3v) is 4.19. The number of amides is 1. The Morgan fingerprint density at radius 2 is 1.67 bits per heavy atom. The summed E-state index contributed by atoms with van der Waals surface area (Å²) in [5.41, 5.74) is 1.23. The first-order valence-corrected chi connectivity index (χ1v) is 7.46. The molecule has 3 rings (SSSR count). The highest BCUT2D eigenvalue weighted by molar-refractivity contribution is 7.17. The highest BCUT2D eigenvalue weighted by atomic mass is 32.1. The van der Waals surface area contributed by atoms with Crippen LogP contribution in [0.25, 0.3) is 10.1 Å². The van der Waals surface area contributed by atoms with Gasteiger partial charge in [0.15, 0.2) is 5.78 Å². The SMILES string of the molecule is O=C(CNC(=O)c1csc2ccccc12)c1ccccc1. The fourth-order valence-electron chi connectivity index (χ4n) is 2.14. The molecule has 1 N–H and O–H groups in total. The smallest absolute Gasteiger partial charge is 0.253 e. The Kier molecular flexibility index (Phi) is 3.79. The summed E-state index contributed by atoms with van der Waals surface area (Å²) in [5, 5.41) is 5.44. The first-order chi connectivity index (χ1) is 10.3. The molecule has 0 atom stereocenters. The van der Waals surface area contributed by atoms with Gasteiger partial charge in [-0.25, -0.2) is 0 Å². The molecule has 0 aliphatic rings. The average Bonchev–Trinajstić information content (AvgIpc) is 2.97. The van der Waals surface area contributed by atoms with Crippen molar-refractivity contribution in [3.05, 3.63) is 71.1 Å². The zero-order valence-corrected chi connectivity index (χ0v) is 12.0. The van der Waals surface area contributed by atoms with E-state index in [-0.39, 0.29) is 18.2 Å². The van der Waals surface area contributed by atoms with E-state index < -0.39 is 0 Å². The van der Waals surface area contributed by atoms with Gasteiger partial charge >= 0.3 is 0 Å². The van der Waals surface area contributed by atoms with Crippen LogP contribution in [0, 0.1) is 0 Å². The van der Waals surface area contributed by atoms with Gasteiger partial charge in [0.1, 0.15) is 0 Å². The average molecular weight is 295 g/mol. The summed E-state index contributed by atoms with van der Waals surface area (Å²) in [7, 11) is 0. The normalized spacial score (nSPS) is 10.5. The molecule has 0 saturated carbocycles. The first-order valence-electron chi connectivity index (χ1n) is 6.58. The van der Waals surface area contributed by atoms with Crippen molar-refractivity contribution in [2.75, 3.05) is 6.54 Å². The topological polar surface area (TPSA) is 46.2 Å². The van der Waals surface area contributed by atoms with Crippen molar-refractivity contribution in [2.24, 2.45) is 0 Å². The first kappa shape index (κ1) is 13.5. The highest BCUT2D eigenvalue weighted by Gasteiger charge is 2.13. The molecule has 0 spiro atoms. The number of nitrogens with one attached hydrogen (secondary N) is 1. The molecule has 1 aromatic heterocycles. The molecule has 0 bridgehead atoms. The Morgan fingerprint density at radius 1 is 0.952 bits per heavy atom. The third kappa shape index (κ3) is 2.85. The van der Waals surface area contributed by atoms with Gasteiger partial charge in [0.2, 0.25) is 0 Å². The largest absolute Gasteiger partial charge is 0.345 e. The van der Waals surface area contributed by atoms with Gasteiger partial charge in [0.05, 0.1) is 12.1 Å². The lowest BCUT2D eigenvalue weighted by molar-refractivity contribution is 0.0905. The van der Waals surface area contributed by atoms with E-state index in [2.05, 4.69) is 5.32 Å². The molecule has 4 heteroatoms. The van der Waals surface area contributed by atoms with Crippen LogP contribution < -0.4 is 5.32 Å². The Bertz CT molecular complexity index is 793. The lowest BCUT2D eigenvalue weighted by atomic mass is 10.1. The number of hydrogen-bond donors (Lipinski definition) is 1. The van der Waals surface area contributed by atoms with Crippen molar-refractivity contribution in [1.29, 1.82) is 0 Å². The summed E-state index contributed by atoms with van der Waals surface area (Å²) in [6.45, 7) is 0.00696. The van der Waals surface area contributed by atoms with Gasteiger partial charge in [-0.1, -0.05) is 48.5 Å². The van der Waals surface area contributed by atoms with E-state index in [1.165, 1.54) is 11.3 Å². The highest BCUT2D eigenvalue weighted by Crippen LogP contribution is 2.25. The van der Waals surface area contributed by atoms with Gasteiger partial charge in [-0.15, -0.1) is 11.3 Å². The number of fused-ring (bicyclic) bond motifs is 1. The van der Waals surface area contributed by atoms with E-state index in [1.807, 2.05) is 35.7 Å². The molecule has 3 nitrogen and oxygen atoms in total. The molecule has 0 aliphatic heterocycles. The summed E-state index contributed by atoms with van der Waals surface area (Å²) >= 11 is 1.53. The zero-order chi connectivity index (χ0) is 14.7. The number of rotatable bonds is 4. The van der Waals surface area contributed by atoms with E-state index in [1.54, 1.807) is 24.3 Å². The molecule has 21 heavy (non-hydrogen) atoms. The minimum atomic E-state index is -0.211. The second kappa shape index (κ2) is 5.89. The molecule has 3 aromatic rings. The number of benzene rings is 2. The molecule has 2 aromatic carbocycles. The number of hydrogen-bond acceptors (Lipinski definition) is 3. The summed E-state index contributed by atoms with van der Waals surface area (Å²) in [6, 6.07) is 16.7. The second-order valence-corrected chi connectivity index (χ2v) is 5.53. The number of carbonyl (C=O) groups excluding carboxylic acids is 2. The molecular formula is C17H13NO2S. The van der Waals surface area contributed by atoms with Crippen molar-refractivity contribution >= 4 is 33.1 Å². The second-order valence-electron chi connectivity index (χ2n) is 4.62. The van der Waals surface area contributed by atoms with E-state index in [4.69, 9.17) is 0 Å². The quantitative estimate of drug-likeness (QED) is 0.749. The fraction of sp³-hybridized carbons (Fsp3) is 0.0588. The van der Waals surface area contributed by atoms with E-state index in [9.17, 15) is 9.59 Å². The number of thiophene rings is 1. The molecule has 0 radical (unpaired) electrons. The van der Waals surface area contributed by atoms with Crippen LogP contribution in [0.5, 0.6) is 0 Å². The maximum absolute atomic E-state index is 12.2. The number of Topliss-reactive ketones (excluding diaryl/α,β-unsaturated/α-hetero) is 1. The minimum absolute atomic E-state index is 0.00696. The summed E-state index contributed by atoms with van der Waals surface area (Å²) < 4.78 is 1.07. The van der Waals surface area contributed by atoms with Crippen LogP contribution in [0.3, 0.4) is 0 Å². The van der Waals surface area contributed by atoms with Crippen molar-refractivity contribution in [3.63, 3.8) is 0 Å². The monoisotopic (exact) mass is 295 g/mol. The standard InChI is InChI=1S/C17H13NO2S/c19-15(12-6-2-1-3-7-12)10-18-17(20)14-11-21-16-9-5-4-8-13(14)16/h1-9,11H,10H2,(H,18,20). The Hall–Kier alpha value is -2.46. The Morgan fingerprint density at radius 3 is 2.48 bits per heavy atom. The zero-order valence-electron chi connectivity index (χ0n) is 11.2. The number of carbonyl (C=O) groups is 2. The fourth-order valence-corrected chi connectivity index (χ4v) is 3.08. The van der Waals surface area contributed by atoms with Crippen molar-refractivity contribution in [2.45, 2.75) is 0 Å². The van der Waals surface area contributed by atoms with E-state index in [0.717, 1.165) is 10.1 Å². The molecule has 0 unspecified atom stereocenters. The van der Waals surface area contributed by atoms with Crippen LogP contribution in [-0.4, -0.2) is 18.2 Å². The van der Waals surface area contributed by atoms with Gasteiger partial charge in [-0.3, -0.25) is 9.59 Å². The van der Waals surface area contributed by atoms with Gasteiger partial charge in [-0.05, 0) is 6.07 Å². The predicted molar refractivity (Wildman–Crippen MR) is 84.9 cm³/mol. The van der Waals surface area contributed by atoms with Crippen LogP contribution in [0.1, 0.15) is 20.7 Å². The van der Waals surface area contributed by atoms with Gasteiger partial charge in [0, 0.05) is 21.0 Å². The van der Waals surface area contributed by atoms with Gasteiger partial charge in [-0.2, -0.15) is 0 Å². The van der Waals surface area contributed by atoms with Crippen LogP contribution >= 0.6 is 11.3 Å². The summed E-state index contributed by atoms with van der Waals surface area (Å²) in [6.07, 6.45) is 0. The summed E-state index contributed by atoms with van der Waals surface area (Å²) in [5.74, 6) is -0.305. The number of ketones is 1. The third-order valence-electron chi connectivity index (χ3n) is 3.23. The van der Waals surface area contributed by atoms with Crippen LogP contribution in [0.15, 0.2) is 60.0 Å². The van der Waals surface area contributed by atoms with E-state index >= 15 is 0 Å². The van der Waals surface area contributed by atoms with Crippen molar-refractivity contribution < 1.29 is 9.59 Å². The Balaban J connectivity index is 1.71. The lowest BCUT2D eigenvalue weighted by Crippen LogP contribution is -2.29. The maximum atomic E-state index is 12.2. The maximum Gasteiger partial charge on any atom is 0.253 e. The predicted octanol–water partition coefficient (Wildman–Crippen LogP) is 3.51. The lowest BCUT2D eigenvalue weighted by Gasteiger charge is -2.04. The molecule has 0 aliphatic carbocycles. The molecule has 1 amide bonds. The van der Waals surface area contributed by atoms with Crippen LogP contribution in [-0.2, 0) is 0 Å². The van der Waals surface area contributed by atoms with Crippen molar-refractivity contribution in [1.82, 2.24) is 5.32 Å². The Labute approximate surface area is 126 Å². The van der Waals surface area contributed by atoms with Gasteiger partial charge in [0.25, 0.3) is 5.91 Å². The van der Waals surface area contributed by atoms with Crippen LogP contribution in [0.2, 0.25) is 0 Å². The molecular weight excluding hydrogens is 282 g/mol. The molecule has 104 valence electrons. The van der Waals surface area contributed by atoms with Crippen LogP contribution in [0.4, 0.5) is 0 Å². The molecule has 0 fully saturated rings.